The van der Waals surface area contributed by atoms with Crippen molar-refractivity contribution in [1.29, 1.82) is 0 Å². The third-order valence-corrected chi connectivity index (χ3v) is 2.39. The van der Waals surface area contributed by atoms with E-state index in [-0.39, 0.29) is 0 Å². The first-order valence-electron chi connectivity index (χ1n) is 5.85. The molecule has 0 fully saturated rings. The van der Waals surface area contributed by atoms with Gasteiger partial charge in [0.25, 0.3) is 5.91 Å². The SMILES string of the molecule is COc1ccc(/C=C/C(C)=N/OC(C)C(N)=O)cc1. The Bertz CT molecular complexity index is 478. The van der Waals surface area contributed by atoms with E-state index in [9.17, 15) is 4.79 Å². The Morgan fingerprint density at radius 1 is 1.37 bits per heavy atom. The smallest absolute Gasteiger partial charge is 0.261 e. The van der Waals surface area contributed by atoms with Crippen LogP contribution in [0.2, 0.25) is 0 Å². The zero-order valence-corrected chi connectivity index (χ0v) is 11.3. The Hall–Kier alpha value is -2.30. The van der Waals surface area contributed by atoms with E-state index in [1.165, 1.54) is 0 Å². The van der Waals surface area contributed by atoms with E-state index in [0.717, 1.165) is 11.3 Å². The highest BCUT2D eigenvalue weighted by Gasteiger charge is 2.08. The zero-order valence-electron chi connectivity index (χ0n) is 11.3. The fourth-order valence-electron chi connectivity index (χ4n) is 1.18. The lowest BCUT2D eigenvalue weighted by Crippen LogP contribution is -2.26. The van der Waals surface area contributed by atoms with Crippen molar-refractivity contribution in [2.75, 3.05) is 7.11 Å². The quantitative estimate of drug-likeness (QED) is 0.629. The molecule has 102 valence electrons. The Morgan fingerprint density at radius 3 is 2.53 bits per heavy atom. The minimum Gasteiger partial charge on any atom is -0.497 e. The van der Waals surface area contributed by atoms with Crippen LogP contribution in [0.4, 0.5) is 0 Å². The molecule has 0 aliphatic rings. The molecule has 1 aromatic rings. The first-order valence-corrected chi connectivity index (χ1v) is 5.85. The fourth-order valence-corrected chi connectivity index (χ4v) is 1.18. The van der Waals surface area contributed by atoms with Gasteiger partial charge in [0.1, 0.15) is 5.75 Å². The lowest BCUT2D eigenvalue weighted by atomic mass is 10.2. The van der Waals surface area contributed by atoms with Gasteiger partial charge in [-0.2, -0.15) is 0 Å². The van der Waals surface area contributed by atoms with Crippen LogP contribution >= 0.6 is 0 Å². The molecule has 0 saturated carbocycles. The highest BCUT2D eigenvalue weighted by molar-refractivity contribution is 5.96. The van der Waals surface area contributed by atoms with Gasteiger partial charge in [0.2, 0.25) is 6.10 Å². The van der Waals surface area contributed by atoms with Crippen LogP contribution in [0.15, 0.2) is 35.5 Å². The maximum Gasteiger partial charge on any atom is 0.261 e. The van der Waals surface area contributed by atoms with Gasteiger partial charge in [-0.15, -0.1) is 0 Å². The van der Waals surface area contributed by atoms with Gasteiger partial charge >= 0.3 is 0 Å². The van der Waals surface area contributed by atoms with Gasteiger partial charge in [-0.25, -0.2) is 0 Å². The summed E-state index contributed by atoms with van der Waals surface area (Å²) in [5.74, 6) is 0.261. The highest BCUT2D eigenvalue weighted by atomic mass is 16.6. The lowest BCUT2D eigenvalue weighted by Gasteiger charge is -2.04. The summed E-state index contributed by atoms with van der Waals surface area (Å²) >= 11 is 0. The van der Waals surface area contributed by atoms with Gasteiger partial charge in [-0.05, 0) is 37.6 Å². The number of primary amides is 1. The standard InChI is InChI=1S/C14H18N2O3/c1-10(16-19-11(2)14(15)17)4-5-12-6-8-13(18-3)9-7-12/h4-9,11H,1-3H3,(H2,15,17)/b5-4+,16-10+. The summed E-state index contributed by atoms with van der Waals surface area (Å²) in [7, 11) is 1.62. The molecule has 1 unspecified atom stereocenters. The number of nitrogens with zero attached hydrogens (tertiary/aromatic N) is 1. The number of benzene rings is 1. The van der Waals surface area contributed by atoms with Crippen molar-refractivity contribution in [3.05, 3.63) is 35.9 Å². The summed E-state index contributed by atoms with van der Waals surface area (Å²) in [5, 5.41) is 3.80. The molecule has 0 aromatic heterocycles. The summed E-state index contributed by atoms with van der Waals surface area (Å²) in [5.41, 5.74) is 6.71. The highest BCUT2D eigenvalue weighted by Crippen LogP contribution is 2.12. The molecule has 1 aromatic carbocycles. The molecule has 0 bridgehead atoms. The molecule has 1 atom stereocenters. The van der Waals surface area contributed by atoms with E-state index in [2.05, 4.69) is 5.16 Å². The zero-order chi connectivity index (χ0) is 14.3. The molecule has 19 heavy (non-hydrogen) atoms. The molecule has 0 aliphatic heterocycles. The van der Waals surface area contributed by atoms with Crippen LogP contribution in [0.3, 0.4) is 0 Å². The van der Waals surface area contributed by atoms with E-state index < -0.39 is 12.0 Å². The monoisotopic (exact) mass is 262 g/mol. The molecular formula is C14H18N2O3. The topological polar surface area (TPSA) is 73.9 Å². The average Bonchev–Trinajstić information content (AvgIpc) is 2.42. The maximum absolute atomic E-state index is 10.7. The van der Waals surface area contributed by atoms with Crippen LogP contribution in [0, 0.1) is 0 Å². The maximum atomic E-state index is 10.7. The van der Waals surface area contributed by atoms with Crippen LogP contribution in [-0.4, -0.2) is 24.8 Å². The minimum atomic E-state index is -0.732. The molecule has 0 spiro atoms. The number of nitrogens with two attached hydrogens (primary N) is 1. The van der Waals surface area contributed by atoms with Gasteiger partial charge in [0, 0.05) is 0 Å². The first-order chi connectivity index (χ1) is 9.02. The van der Waals surface area contributed by atoms with E-state index in [1.54, 1.807) is 27.0 Å². The number of ether oxygens (including phenoxy) is 1. The lowest BCUT2D eigenvalue weighted by molar-refractivity contribution is -0.128. The third-order valence-electron chi connectivity index (χ3n) is 2.39. The molecule has 1 amide bonds. The van der Waals surface area contributed by atoms with Crippen molar-refractivity contribution in [3.8, 4) is 5.75 Å². The average molecular weight is 262 g/mol. The number of methoxy groups -OCH3 is 1. The molecule has 2 N–H and O–H groups in total. The number of allylic oxidation sites excluding steroid dienone is 1. The van der Waals surface area contributed by atoms with Crippen LogP contribution in [-0.2, 0) is 9.63 Å². The van der Waals surface area contributed by atoms with Crippen molar-refractivity contribution in [1.82, 2.24) is 0 Å². The van der Waals surface area contributed by atoms with Crippen molar-refractivity contribution in [2.24, 2.45) is 10.9 Å². The molecule has 0 aliphatic carbocycles. The molecule has 5 nitrogen and oxygen atoms in total. The van der Waals surface area contributed by atoms with Crippen LogP contribution < -0.4 is 10.5 Å². The minimum absolute atomic E-state index is 0.546. The van der Waals surface area contributed by atoms with Gasteiger partial charge < -0.3 is 15.3 Å². The summed E-state index contributed by atoms with van der Waals surface area (Å²) in [6, 6.07) is 7.60. The van der Waals surface area contributed by atoms with Gasteiger partial charge in [-0.1, -0.05) is 23.4 Å². The second-order valence-corrected chi connectivity index (χ2v) is 3.99. The number of carbonyl (C=O) groups is 1. The van der Waals surface area contributed by atoms with Gasteiger partial charge in [0.15, 0.2) is 0 Å². The Labute approximate surface area is 112 Å². The van der Waals surface area contributed by atoms with E-state index >= 15 is 0 Å². The Morgan fingerprint density at radius 2 is 2.00 bits per heavy atom. The number of carbonyl (C=O) groups excluding carboxylic acids is 1. The summed E-state index contributed by atoms with van der Waals surface area (Å²) in [6.07, 6.45) is 2.94. The summed E-state index contributed by atoms with van der Waals surface area (Å²) in [4.78, 5) is 15.7. The summed E-state index contributed by atoms with van der Waals surface area (Å²) < 4.78 is 5.07. The Kier molecular flexibility index (Phi) is 5.60. The van der Waals surface area contributed by atoms with E-state index in [0.29, 0.717) is 5.71 Å². The van der Waals surface area contributed by atoms with Crippen molar-refractivity contribution >= 4 is 17.7 Å². The molecule has 0 radical (unpaired) electrons. The Balaban J connectivity index is 2.59. The first kappa shape index (κ1) is 14.8. The molecule has 5 heteroatoms. The van der Waals surface area contributed by atoms with Gasteiger partial charge in [0.05, 0.1) is 12.8 Å². The predicted molar refractivity (Wildman–Crippen MR) is 74.9 cm³/mol. The number of oxime groups is 1. The number of hydrogen-bond acceptors (Lipinski definition) is 4. The number of amides is 1. The number of rotatable bonds is 6. The largest absolute Gasteiger partial charge is 0.497 e. The second kappa shape index (κ2) is 7.20. The number of hydrogen-bond donors (Lipinski definition) is 1. The molecule has 0 saturated heterocycles. The second-order valence-electron chi connectivity index (χ2n) is 3.99. The van der Waals surface area contributed by atoms with E-state index in [1.807, 2.05) is 30.3 Å². The summed E-state index contributed by atoms with van der Waals surface area (Å²) in [6.45, 7) is 3.32. The third kappa shape index (κ3) is 5.25. The predicted octanol–water partition coefficient (Wildman–Crippen LogP) is 1.97. The van der Waals surface area contributed by atoms with Gasteiger partial charge in [-0.3, -0.25) is 4.79 Å². The van der Waals surface area contributed by atoms with Crippen LogP contribution in [0.5, 0.6) is 5.75 Å². The van der Waals surface area contributed by atoms with Crippen molar-refractivity contribution < 1.29 is 14.4 Å². The molecular weight excluding hydrogens is 244 g/mol. The molecule has 0 heterocycles. The van der Waals surface area contributed by atoms with E-state index in [4.69, 9.17) is 15.3 Å². The fraction of sp³-hybridized carbons (Fsp3) is 0.286. The van der Waals surface area contributed by atoms with Crippen LogP contribution in [0.1, 0.15) is 19.4 Å². The van der Waals surface area contributed by atoms with Crippen molar-refractivity contribution in [3.63, 3.8) is 0 Å². The molecule has 1 rings (SSSR count). The van der Waals surface area contributed by atoms with Crippen molar-refractivity contribution in [2.45, 2.75) is 20.0 Å². The normalized spacial score (nSPS) is 13.3. The van der Waals surface area contributed by atoms with Crippen LogP contribution in [0.25, 0.3) is 6.08 Å².